The number of aromatic nitrogens is 3. The summed E-state index contributed by atoms with van der Waals surface area (Å²) in [6, 6.07) is 4.26. The predicted molar refractivity (Wildman–Crippen MR) is 90.7 cm³/mol. The number of amides is 1. The molecule has 1 aromatic carbocycles. The monoisotopic (exact) mass is 363 g/mol. The fourth-order valence-corrected chi connectivity index (χ4v) is 2.92. The Morgan fingerprint density at radius 3 is 2.56 bits per heavy atom. The summed E-state index contributed by atoms with van der Waals surface area (Å²) < 4.78 is 1.59. The summed E-state index contributed by atoms with van der Waals surface area (Å²) >= 11 is 1.03. The third kappa shape index (κ3) is 4.21. The molecule has 25 heavy (non-hydrogen) atoms. The highest BCUT2D eigenvalue weighted by Gasteiger charge is 2.21. The Bertz CT molecular complexity index is 846. The number of likely N-dealkylation sites (N-methyl/N-ethyl adjacent to an activating group) is 1. The number of nitro benzene ring substituents is 1. The zero-order valence-corrected chi connectivity index (χ0v) is 15.0. The van der Waals surface area contributed by atoms with Gasteiger partial charge in [-0.3, -0.25) is 24.3 Å². The van der Waals surface area contributed by atoms with Gasteiger partial charge < -0.3 is 4.90 Å². The van der Waals surface area contributed by atoms with Crippen LogP contribution in [0.1, 0.15) is 23.1 Å². The highest BCUT2D eigenvalue weighted by Crippen LogP contribution is 2.34. The lowest BCUT2D eigenvalue weighted by Gasteiger charge is -2.13. The van der Waals surface area contributed by atoms with E-state index in [1.165, 1.54) is 30.0 Å². The first-order chi connectivity index (χ1) is 11.7. The Kier molecular flexibility index (Phi) is 5.52. The van der Waals surface area contributed by atoms with Crippen LogP contribution in [-0.4, -0.2) is 50.4 Å². The van der Waals surface area contributed by atoms with Crippen LogP contribution in [0.25, 0.3) is 0 Å². The van der Waals surface area contributed by atoms with Gasteiger partial charge in [0.15, 0.2) is 10.9 Å². The molecule has 0 radical (unpaired) electrons. The number of hydrogen-bond donors (Lipinski definition) is 0. The number of aryl methyl sites for hydroxylation is 1. The number of carbonyl (C=O) groups is 2. The second-order valence-corrected chi connectivity index (χ2v) is 6.51. The van der Waals surface area contributed by atoms with Gasteiger partial charge in [0.1, 0.15) is 12.4 Å². The SMILES string of the molecule is CC(=O)c1ccc(Sc2nnc(C)n2CC(=O)N(C)C)c([N+](=O)[O-])c1. The second kappa shape index (κ2) is 7.43. The lowest BCUT2D eigenvalue weighted by Crippen LogP contribution is -2.27. The molecular formula is C15H17N5O4S. The summed E-state index contributed by atoms with van der Waals surface area (Å²) in [4.78, 5) is 35.9. The van der Waals surface area contributed by atoms with E-state index in [1.807, 2.05) is 0 Å². The van der Waals surface area contributed by atoms with Crippen LogP contribution in [0.3, 0.4) is 0 Å². The van der Waals surface area contributed by atoms with Crippen molar-refractivity contribution in [3.8, 4) is 0 Å². The lowest BCUT2D eigenvalue weighted by atomic mass is 10.1. The Balaban J connectivity index is 2.39. The van der Waals surface area contributed by atoms with Crippen LogP contribution in [0.4, 0.5) is 5.69 Å². The van der Waals surface area contributed by atoms with E-state index in [0.29, 0.717) is 15.9 Å². The van der Waals surface area contributed by atoms with Crippen LogP contribution in [0.15, 0.2) is 28.3 Å². The molecule has 0 saturated heterocycles. The number of rotatable bonds is 6. The third-order valence-corrected chi connectivity index (χ3v) is 4.51. The number of nitrogens with zero attached hydrogens (tertiary/aromatic N) is 5. The number of carbonyl (C=O) groups excluding carboxylic acids is 2. The predicted octanol–water partition coefficient (Wildman–Crippen LogP) is 1.94. The molecule has 0 spiro atoms. The van der Waals surface area contributed by atoms with Crippen LogP contribution < -0.4 is 0 Å². The highest BCUT2D eigenvalue weighted by molar-refractivity contribution is 7.99. The molecule has 0 fully saturated rings. The summed E-state index contributed by atoms with van der Waals surface area (Å²) in [5.41, 5.74) is 0.0697. The van der Waals surface area contributed by atoms with Crippen molar-refractivity contribution >= 4 is 29.1 Å². The van der Waals surface area contributed by atoms with Crippen molar-refractivity contribution in [2.45, 2.75) is 30.4 Å². The van der Waals surface area contributed by atoms with Gasteiger partial charge in [0.2, 0.25) is 5.91 Å². The summed E-state index contributed by atoms with van der Waals surface area (Å²) in [6.45, 7) is 3.08. The molecule has 0 atom stereocenters. The van der Waals surface area contributed by atoms with E-state index in [2.05, 4.69) is 10.2 Å². The topological polar surface area (TPSA) is 111 Å². The van der Waals surface area contributed by atoms with Crippen LogP contribution in [0.5, 0.6) is 0 Å². The average Bonchev–Trinajstić information content (AvgIpc) is 2.87. The molecule has 1 heterocycles. The Morgan fingerprint density at radius 1 is 1.32 bits per heavy atom. The van der Waals surface area contributed by atoms with E-state index in [0.717, 1.165) is 11.8 Å². The van der Waals surface area contributed by atoms with Gasteiger partial charge in [-0.2, -0.15) is 0 Å². The molecule has 0 aliphatic rings. The van der Waals surface area contributed by atoms with Crippen molar-refractivity contribution in [2.75, 3.05) is 14.1 Å². The first-order valence-corrected chi connectivity index (χ1v) is 8.09. The maximum absolute atomic E-state index is 12.0. The van der Waals surface area contributed by atoms with Gasteiger partial charge in [-0.15, -0.1) is 10.2 Å². The van der Waals surface area contributed by atoms with Gasteiger partial charge in [-0.25, -0.2) is 0 Å². The molecule has 1 aromatic heterocycles. The van der Waals surface area contributed by atoms with Gasteiger partial charge in [0.25, 0.3) is 5.69 Å². The zero-order chi connectivity index (χ0) is 18.7. The number of ketones is 1. The van der Waals surface area contributed by atoms with E-state index >= 15 is 0 Å². The summed E-state index contributed by atoms with van der Waals surface area (Å²) in [5, 5.41) is 19.6. The molecule has 0 aliphatic heterocycles. The molecule has 132 valence electrons. The molecular weight excluding hydrogens is 346 g/mol. The fraction of sp³-hybridized carbons (Fsp3) is 0.333. The lowest BCUT2D eigenvalue weighted by molar-refractivity contribution is -0.387. The number of hydrogen-bond acceptors (Lipinski definition) is 7. The van der Waals surface area contributed by atoms with Crippen LogP contribution in [0, 0.1) is 17.0 Å². The van der Waals surface area contributed by atoms with Crippen molar-refractivity contribution in [3.05, 3.63) is 39.7 Å². The molecule has 0 unspecified atom stereocenters. The summed E-state index contributed by atoms with van der Waals surface area (Å²) in [5.74, 6) is 0.127. The van der Waals surface area contributed by atoms with E-state index in [9.17, 15) is 19.7 Å². The number of benzene rings is 1. The zero-order valence-electron chi connectivity index (χ0n) is 14.2. The molecule has 0 saturated carbocycles. The number of nitro groups is 1. The van der Waals surface area contributed by atoms with Gasteiger partial charge in [0.05, 0.1) is 9.82 Å². The molecule has 1 amide bonds. The van der Waals surface area contributed by atoms with E-state index in [-0.39, 0.29) is 29.5 Å². The van der Waals surface area contributed by atoms with Gasteiger partial charge >= 0.3 is 0 Å². The van der Waals surface area contributed by atoms with Gasteiger partial charge in [0, 0.05) is 25.7 Å². The van der Waals surface area contributed by atoms with E-state index in [4.69, 9.17) is 0 Å². The minimum Gasteiger partial charge on any atom is -0.347 e. The van der Waals surface area contributed by atoms with Crippen molar-refractivity contribution in [3.63, 3.8) is 0 Å². The molecule has 10 heteroatoms. The molecule has 0 aliphatic carbocycles. The van der Waals surface area contributed by atoms with Crippen LogP contribution >= 0.6 is 11.8 Å². The maximum Gasteiger partial charge on any atom is 0.284 e. The molecule has 0 bridgehead atoms. The van der Waals surface area contributed by atoms with Crippen molar-refractivity contribution in [2.24, 2.45) is 0 Å². The maximum atomic E-state index is 12.0. The number of Topliss-reactive ketones (excluding diaryl/α,β-unsaturated/α-hetero) is 1. The molecule has 2 rings (SSSR count). The Morgan fingerprint density at radius 2 is 2.00 bits per heavy atom. The minimum atomic E-state index is -0.548. The first kappa shape index (κ1) is 18.6. The fourth-order valence-electron chi connectivity index (χ4n) is 1.96. The van der Waals surface area contributed by atoms with Crippen molar-refractivity contribution in [1.29, 1.82) is 0 Å². The standard InChI is InChI=1S/C15H17N5O4S/c1-9(21)11-5-6-13(12(7-11)20(23)24)25-15-17-16-10(2)19(15)8-14(22)18(3)4/h5-7H,8H2,1-4H3. The smallest absolute Gasteiger partial charge is 0.284 e. The first-order valence-electron chi connectivity index (χ1n) is 7.28. The van der Waals surface area contributed by atoms with Gasteiger partial charge in [-0.1, -0.05) is 0 Å². The van der Waals surface area contributed by atoms with E-state index in [1.54, 1.807) is 25.6 Å². The minimum absolute atomic E-state index is 0.0352. The Hall–Kier alpha value is -2.75. The quantitative estimate of drug-likeness (QED) is 0.438. The van der Waals surface area contributed by atoms with Gasteiger partial charge in [-0.05, 0) is 37.7 Å². The van der Waals surface area contributed by atoms with Crippen LogP contribution in [0.2, 0.25) is 0 Å². The molecule has 2 aromatic rings. The largest absolute Gasteiger partial charge is 0.347 e. The third-order valence-electron chi connectivity index (χ3n) is 3.46. The van der Waals surface area contributed by atoms with Crippen molar-refractivity contribution in [1.82, 2.24) is 19.7 Å². The summed E-state index contributed by atoms with van der Waals surface area (Å²) in [6.07, 6.45) is 0. The second-order valence-electron chi connectivity index (χ2n) is 5.50. The highest BCUT2D eigenvalue weighted by atomic mass is 32.2. The van der Waals surface area contributed by atoms with Crippen molar-refractivity contribution < 1.29 is 14.5 Å². The molecule has 0 N–H and O–H groups in total. The normalized spacial score (nSPS) is 10.6. The van der Waals surface area contributed by atoms with E-state index < -0.39 is 4.92 Å². The Labute approximate surface area is 148 Å². The molecule has 9 nitrogen and oxygen atoms in total. The van der Waals surface area contributed by atoms with Crippen LogP contribution in [-0.2, 0) is 11.3 Å². The summed E-state index contributed by atoms with van der Waals surface area (Å²) in [7, 11) is 3.28. The average molecular weight is 363 g/mol.